The Kier molecular flexibility index (Phi) is 5.84. The number of nitrogens with one attached hydrogen (secondary N) is 1. The van der Waals surface area contributed by atoms with Gasteiger partial charge in [0.15, 0.2) is 0 Å². The van der Waals surface area contributed by atoms with Crippen LogP contribution in [-0.2, 0) is 19.6 Å². The monoisotopic (exact) mass is 268 g/mol. The number of rotatable bonds is 6. The van der Waals surface area contributed by atoms with Crippen molar-refractivity contribution in [3.8, 4) is 0 Å². The first kappa shape index (κ1) is 15.3. The van der Waals surface area contributed by atoms with Gasteiger partial charge in [-0.2, -0.15) is 0 Å². The molecule has 0 aromatic rings. The van der Waals surface area contributed by atoms with Crippen molar-refractivity contribution in [2.75, 3.05) is 7.11 Å². The van der Waals surface area contributed by atoms with Crippen LogP contribution in [0, 0.1) is 0 Å². The summed E-state index contributed by atoms with van der Waals surface area (Å²) in [5, 5.41) is -0.977. The van der Waals surface area contributed by atoms with Crippen LogP contribution in [-0.4, -0.2) is 37.8 Å². The second-order valence-electron chi connectivity index (χ2n) is 3.21. The molecule has 16 heavy (non-hydrogen) atoms. The van der Waals surface area contributed by atoms with Crippen LogP contribution >= 0.6 is 12.2 Å². The van der Waals surface area contributed by atoms with Crippen LogP contribution in [0.5, 0.6) is 0 Å². The molecule has 0 aliphatic heterocycles. The lowest BCUT2D eigenvalue weighted by atomic mass is 10.3. The van der Waals surface area contributed by atoms with Gasteiger partial charge < -0.3 is 10.5 Å². The minimum Gasteiger partial charge on any atom is -0.468 e. The smallest absolute Gasteiger partial charge is 0.323 e. The van der Waals surface area contributed by atoms with Gasteiger partial charge in [0, 0.05) is 0 Å². The summed E-state index contributed by atoms with van der Waals surface area (Å²) in [5.41, 5.74) is 5.31. The van der Waals surface area contributed by atoms with Gasteiger partial charge in [-0.3, -0.25) is 4.79 Å². The summed E-state index contributed by atoms with van der Waals surface area (Å²) < 4.78 is 30.1. The molecule has 0 saturated heterocycles. The van der Waals surface area contributed by atoms with E-state index >= 15 is 0 Å². The Labute approximate surface area is 101 Å². The fourth-order valence-electron chi connectivity index (χ4n) is 1.13. The predicted octanol–water partition coefficient (Wildman–Crippen LogP) is -0.468. The summed E-state index contributed by atoms with van der Waals surface area (Å²) in [4.78, 5) is 10.9. The first-order valence-corrected chi connectivity index (χ1v) is 6.60. The molecule has 0 aromatic carbocycles. The Morgan fingerprint density at radius 2 is 2.06 bits per heavy atom. The second kappa shape index (κ2) is 6.12. The molecule has 0 aliphatic rings. The Morgan fingerprint density at radius 3 is 2.38 bits per heavy atom. The number of esters is 1. The lowest BCUT2D eigenvalue weighted by Crippen LogP contribution is -2.47. The molecule has 0 heterocycles. The van der Waals surface area contributed by atoms with E-state index in [-0.39, 0.29) is 11.4 Å². The maximum atomic E-state index is 11.7. The van der Waals surface area contributed by atoms with E-state index in [0.29, 0.717) is 0 Å². The van der Waals surface area contributed by atoms with E-state index in [4.69, 9.17) is 5.73 Å². The molecule has 0 amide bonds. The third-order valence-electron chi connectivity index (χ3n) is 1.96. The topological polar surface area (TPSA) is 98.5 Å². The van der Waals surface area contributed by atoms with Crippen molar-refractivity contribution in [2.45, 2.75) is 31.6 Å². The average Bonchev–Trinajstić information content (AvgIpc) is 2.15. The van der Waals surface area contributed by atoms with E-state index in [0.717, 1.165) is 0 Å². The molecular weight excluding hydrogens is 252 g/mol. The van der Waals surface area contributed by atoms with Crippen molar-refractivity contribution in [2.24, 2.45) is 5.73 Å². The molecule has 0 aromatic heterocycles. The summed E-state index contributed by atoms with van der Waals surface area (Å²) in [6.07, 6.45) is 0.249. The van der Waals surface area contributed by atoms with Crippen LogP contribution < -0.4 is 10.5 Å². The van der Waals surface area contributed by atoms with Crippen LogP contribution in [0.3, 0.4) is 0 Å². The van der Waals surface area contributed by atoms with Gasteiger partial charge in [0.2, 0.25) is 10.0 Å². The largest absolute Gasteiger partial charge is 0.468 e. The summed E-state index contributed by atoms with van der Waals surface area (Å²) in [7, 11) is -2.56. The molecule has 8 heteroatoms. The zero-order chi connectivity index (χ0) is 12.9. The highest BCUT2D eigenvalue weighted by Crippen LogP contribution is 2.06. The van der Waals surface area contributed by atoms with Gasteiger partial charge >= 0.3 is 5.97 Å². The van der Waals surface area contributed by atoms with Gasteiger partial charge in [0.05, 0.1) is 12.1 Å². The predicted molar refractivity (Wildman–Crippen MR) is 64.4 cm³/mol. The molecule has 94 valence electrons. The maximum absolute atomic E-state index is 11.7. The van der Waals surface area contributed by atoms with E-state index in [9.17, 15) is 13.2 Å². The van der Waals surface area contributed by atoms with Gasteiger partial charge in [-0.1, -0.05) is 19.1 Å². The van der Waals surface area contributed by atoms with E-state index in [1.54, 1.807) is 6.92 Å². The highest BCUT2D eigenvalue weighted by Gasteiger charge is 2.29. The van der Waals surface area contributed by atoms with Crippen LogP contribution in [0.4, 0.5) is 0 Å². The first-order chi connectivity index (χ1) is 7.26. The summed E-state index contributed by atoms with van der Waals surface area (Å²) in [6, 6.07) is -0.960. The van der Waals surface area contributed by atoms with Crippen molar-refractivity contribution in [3.63, 3.8) is 0 Å². The molecule has 0 aliphatic carbocycles. The van der Waals surface area contributed by atoms with Crippen LogP contribution in [0.25, 0.3) is 0 Å². The van der Waals surface area contributed by atoms with Crippen molar-refractivity contribution in [1.29, 1.82) is 0 Å². The SMILES string of the molecule is CCC(C(N)=S)S(=O)(=O)NC(C)C(=O)OC. The normalized spacial score (nSPS) is 15.2. The third kappa shape index (κ3) is 4.03. The van der Waals surface area contributed by atoms with E-state index in [2.05, 4.69) is 21.7 Å². The zero-order valence-electron chi connectivity index (χ0n) is 9.39. The molecule has 0 bridgehead atoms. The quantitative estimate of drug-likeness (QED) is 0.499. The first-order valence-electron chi connectivity index (χ1n) is 4.64. The van der Waals surface area contributed by atoms with Crippen LogP contribution in [0.1, 0.15) is 20.3 Å². The molecule has 0 saturated carbocycles. The number of carbonyl (C=O) groups excluding carboxylic acids is 1. The molecule has 6 nitrogen and oxygen atoms in total. The Balaban J connectivity index is 4.81. The number of sulfonamides is 1. The highest BCUT2D eigenvalue weighted by molar-refractivity contribution is 7.93. The molecule has 0 radical (unpaired) electrons. The molecule has 2 atom stereocenters. The van der Waals surface area contributed by atoms with E-state index < -0.39 is 27.3 Å². The van der Waals surface area contributed by atoms with E-state index in [1.807, 2.05) is 0 Å². The number of carbonyl (C=O) groups is 1. The Hall–Kier alpha value is -0.730. The standard InChI is InChI=1S/C8H16N2O4S2/c1-4-6(7(9)15)16(12,13)10-5(2)8(11)14-3/h5-6,10H,4H2,1-3H3,(H2,9,15). The van der Waals surface area contributed by atoms with Crippen molar-refractivity contribution in [1.82, 2.24) is 4.72 Å². The van der Waals surface area contributed by atoms with Gasteiger partial charge in [-0.15, -0.1) is 0 Å². The molecule has 0 rings (SSSR count). The molecule has 0 spiro atoms. The Bertz CT molecular complexity index is 366. The number of ether oxygens (including phenoxy) is 1. The summed E-state index contributed by atoms with van der Waals surface area (Å²) in [5.74, 6) is -0.665. The molecule has 2 unspecified atom stereocenters. The van der Waals surface area contributed by atoms with Crippen LogP contribution in [0.15, 0.2) is 0 Å². The minimum absolute atomic E-state index is 0.118. The van der Waals surface area contributed by atoms with Gasteiger partial charge in [0.25, 0.3) is 0 Å². The van der Waals surface area contributed by atoms with Crippen molar-refractivity contribution >= 4 is 33.2 Å². The fraction of sp³-hybridized carbons (Fsp3) is 0.750. The number of nitrogens with two attached hydrogens (primary N) is 1. The second-order valence-corrected chi connectivity index (χ2v) is 5.57. The third-order valence-corrected chi connectivity index (χ3v) is 4.41. The van der Waals surface area contributed by atoms with Crippen LogP contribution in [0.2, 0.25) is 0 Å². The van der Waals surface area contributed by atoms with Crippen molar-refractivity contribution < 1.29 is 17.9 Å². The summed E-state index contributed by atoms with van der Waals surface area (Å²) >= 11 is 4.65. The number of hydrogen-bond donors (Lipinski definition) is 2. The molecule has 3 N–H and O–H groups in total. The number of methoxy groups -OCH3 is 1. The average molecular weight is 268 g/mol. The lowest BCUT2D eigenvalue weighted by molar-refractivity contribution is -0.142. The zero-order valence-corrected chi connectivity index (χ0v) is 11.0. The number of thiocarbonyl (C=S) groups is 1. The highest BCUT2D eigenvalue weighted by atomic mass is 32.2. The van der Waals surface area contributed by atoms with Crippen molar-refractivity contribution in [3.05, 3.63) is 0 Å². The fourth-order valence-corrected chi connectivity index (χ4v) is 3.17. The van der Waals surface area contributed by atoms with Gasteiger partial charge in [-0.05, 0) is 13.3 Å². The number of hydrogen-bond acceptors (Lipinski definition) is 5. The Morgan fingerprint density at radius 1 is 1.56 bits per heavy atom. The van der Waals surface area contributed by atoms with Gasteiger partial charge in [-0.25, -0.2) is 13.1 Å². The molecule has 0 fully saturated rings. The summed E-state index contributed by atoms with van der Waals surface area (Å²) in [6.45, 7) is 3.03. The van der Waals surface area contributed by atoms with Gasteiger partial charge in [0.1, 0.15) is 11.3 Å². The minimum atomic E-state index is -3.74. The molecular formula is C8H16N2O4S2. The van der Waals surface area contributed by atoms with E-state index in [1.165, 1.54) is 14.0 Å². The lowest BCUT2D eigenvalue weighted by Gasteiger charge is -2.18. The maximum Gasteiger partial charge on any atom is 0.323 e.